The maximum Gasteiger partial charge on any atom is 0.300 e. The molecule has 0 radical (unpaired) electrons. The van der Waals surface area contributed by atoms with E-state index in [4.69, 9.17) is 4.74 Å². The van der Waals surface area contributed by atoms with Crippen LogP contribution >= 0.6 is 11.8 Å². The Morgan fingerprint density at radius 2 is 1.77 bits per heavy atom. The second-order valence-electron chi connectivity index (χ2n) is 4.67. The number of nitrogens with zero attached hydrogens (tertiary/aromatic N) is 3. The summed E-state index contributed by atoms with van der Waals surface area (Å²) in [4.78, 5) is 23.3. The molecule has 8 nitrogen and oxygen atoms in total. The Morgan fingerprint density at radius 1 is 1.23 bits per heavy atom. The number of ether oxygens (including phenoxy) is 1. The molecular weight excluding hydrogens is 310 g/mol. The van der Waals surface area contributed by atoms with E-state index in [2.05, 4.69) is 0 Å². The van der Waals surface area contributed by atoms with Crippen molar-refractivity contribution >= 4 is 28.8 Å². The summed E-state index contributed by atoms with van der Waals surface area (Å²) in [7, 11) is 0. The molecule has 1 unspecified atom stereocenters. The minimum atomic E-state index is -0.566. The second-order valence-corrected chi connectivity index (χ2v) is 5.84. The summed E-state index contributed by atoms with van der Waals surface area (Å²) in [5.74, 6) is 0.768. The number of nitro groups is 2. The third kappa shape index (κ3) is 3.14. The van der Waals surface area contributed by atoms with Gasteiger partial charge in [-0.1, -0.05) is 0 Å². The molecule has 0 aromatic heterocycles. The zero-order chi connectivity index (χ0) is 16.3. The van der Waals surface area contributed by atoms with Crippen molar-refractivity contribution in [2.45, 2.75) is 19.3 Å². The Bertz CT molecular complexity index is 550. The van der Waals surface area contributed by atoms with Gasteiger partial charge in [0.15, 0.2) is 5.69 Å². The van der Waals surface area contributed by atoms with Crippen molar-refractivity contribution in [3.05, 3.63) is 37.9 Å². The highest BCUT2D eigenvalue weighted by Gasteiger charge is 2.32. The lowest BCUT2D eigenvalue weighted by molar-refractivity contribution is -0.392. The monoisotopic (exact) mass is 327 g/mol. The minimum absolute atomic E-state index is 0.0618. The van der Waals surface area contributed by atoms with Crippen LogP contribution in [0.4, 0.5) is 17.1 Å². The van der Waals surface area contributed by atoms with Gasteiger partial charge in [0, 0.05) is 36.5 Å². The number of rotatable bonds is 6. The number of hydrogen-bond acceptors (Lipinski definition) is 7. The molecule has 0 spiro atoms. The molecule has 1 aliphatic rings. The maximum atomic E-state index is 11.4. The Kier molecular flexibility index (Phi) is 5.19. The van der Waals surface area contributed by atoms with Crippen molar-refractivity contribution in [3.63, 3.8) is 0 Å². The Labute approximate surface area is 131 Å². The number of nitro benzene ring substituents is 2. The Balaban J connectivity index is 2.64. The SMILES string of the molecule is CCN(CC)c1c([N+](=O)[O-])cc(C2OCCS2)cc1[N+](=O)[O-]. The van der Waals surface area contributed by atoms with Crippen LogP contribution in [0.15, 0.2) is 12.1 Å². The van der Waals surface area contributed by atoms with Gasteiger partial charge in [0.1, 0.15) is 5.44 Å². The van der Waals surface area contributed by atoms with E-state index in [1.165, 1.54) is 23.9 Å². The molecule has 1 saturated heterocycles. The number of benzene rings is 1. The first-order valence-corrected chi connectivity index (χ1v) is 7.99. The van der Waals surface area contributed by atoms with Crippen molar-refractivity contribution in [2.24, 2.45) is 0 Å². The Morgan fingerprint density at radius 3 is 2.14 bits per heavy atom. The van der Waals surface area contributed by atoms with Gasteiger partial charge >= 0.3 is 0 Å². The number of hydrogen-bond donors (Lipinski definition) is 0. The summed E-state index contributed by atoms with van der Waals surface area (Å²) in [6, 6.07) is 2.78. The molecule has 1 heterocycles. The Hall–Kier alpha value is -1.87. The van der Waals surface area contributed by atoms with E-state index in [0.717, 1.165) is 5.75 Å². The summed E-state index contributed by atoms with van der Waals surface area (Å²) in [6.07, 6.45) is 0. The summed E-state index contributed by atoms with van der Waals surface area (Å²) in [6.45, 7) is 5.05. The van der Waals surface area contributed by atoms with Crippen molar-refractivity contribution in [1.29, 1.82) is 0 Å². The molecule has 0 amide bonds. The van der Waals surface area contributed by atoms with Gasteiger partial charge in [-0.25, -0.2) is 0 Å². The quantitative estimate of drug-likeness (QED) is 0.584. The first kappa shape index (κ1) is 16.5. The molecule has 0 bridgehead atoms. The van der Waals surface area contributed by atoms with E-state index in [9.17, 15) is 20.2 Å². The van der Waals surface area contributed by atoms with Crippen LogP contribution in [0.2, 0.25) is 0 Å². The molecule has 1 fully saturated rings. The molecule has 0 N–H and O–H groups in total. The molecule has 9 heteroatoms. The van der Waals surface area contributed by atoms with Crippen LogP contribution in [0.5, 0.6) is 0 Å². The summed E-state index contributed by atoms with van der Waals surface area (Å²) in [5.41, 5.74) is -0.347. The standard InChI is InChI=1S/C13H17N3O5S/c1-3-14(4-2)12-10(15(17)18)7-9(8-11(12)16(19)20)13-21-5-6-22-13/h7-8,13H,3-6H2,1-2H3. The van der Waals surface area contributed by atoms with E-state index in [1.807, 2.05) is 0 Å². The predicted molar refractivity (Wildman–Crippen MR) is 84.5 cm³/mol. The van der Waals surface area contributed by atoms with Gasteiger partial charge in [-0.15, -0.1) is 11.8 Å². The first-order chi connectivity index (χ1) is 10.5. The van der Waals surface area contributed by atoms with E-state index in [1.54, 1.807) is 18.7 Å². The molecule has 0 saturated carbocycles. The normalized spacial score (nSPS) is 17.5. The van der Waals surface area contributed by atoms with Crippen LogP contribution < -0.4 is 4.90 Å². The fourth-order valence-electron chi connectivity index (χ4n) is 2.45. The summed E-state index contributed by atoms with van der Waals surface area (Å²) in [5, 5.41) is 22.8. The van der Waals surface area contributed by atoms with Gasteiger partial charge in [0.2, 0.25) is 0 Å². The molecular formula is C13H17N3O5S. The van der Waals surface area contributed by atoms with Crippen molar-refractivity contribution in [1.82, 2.24) is 0 Å². The lowest BCUT2D eigenvalue weighted by Gasteiger charge is -2.21. The molecule has 2 rings (SSSR count). The van der Waals surface area contributed by atoms with Gasteiger partial charge in [-0.2, -0.15) is 0 Å². The highest BCUT2D eigenvalue weighted by molar-refractivity contribution is 7.99. The summed E-state index contributed by atoms with van der Waals surface area (Å²) < 4.78 is 5.47. The van der Waals surface area contributed by atoms with Gasteiger partial charge in [0.25, 0.3) is 11.4 Å². The molecule has 0 aliphatic carbocycles. The van der Waals surface area contributed by atoms with Crippen LogP contribution in [0.1, 0.15) is 24.8 Å². The maximum absolute atomic E-state index is 11.4. The van der Waals surface area contributed by atoms with Crippen LogP contribution in [0, 0.1) is 20.2 Å². The van der Waals surface area contributed by atoms with Crippen LogP contribution in [-0.4, -0.2) is 35.3 Å². The first-order valence-electron chi connectivity index (χ1n) is 6.94. The highest BCUT2D eigenvalue weighted by Crippen LogP contribution is 2.44. The van der Waals surface area contributed by atoms with E-state index >= 15 is 0 Å². The zero-order valence-corrected chi connectivity index (χ0v) is 13.2. The van der Waals surface area contributed by atoms with Gasteiger partial charge < -0.3 is 9.64 Å². The van der Waals surface area contributed by atoms with Gasteiger partial charge in [-0.3, -0.25) is 20.2 Å². The fraction of sp³-hybridized carbons (Fsp3) is 0.538. The lowest BCUT2D eigenvalue weighted by Crippen LogP contribution is -2.24. The number of anilines is 1. The fourth-order valence-corrected chi connectivity index (χ4v) is 3.38. The van der Waals surface area contributed by atoms with Crippen LogP contribution in [0.25, 0.3) is 0 Å². The molecule has 1 aliphatic heterocycles. The third-order valence-corrected chi connectivity index (χ3v) is 4.57. The van der Waals surface area contributed by atoms with Gasteiger partial charge in [-0.05, 0) is 13.8 Å². The minimum Gasteiger partial charge on any atom is -0.362 e. The summed E-state index contributed by atoms with van der Waals surface area (Å²) >= 11 is 1.48. The predicted octanol–water partition coefficient (Wildman–Crippen LogP) is 3.11. The largest absolute Gasteiger partial charge is 0.362 e. The molecule has 1 aromatic carbocycles. The second kappa shape index (κ2) is 6.93. The average molecular weight is 327 g/mol. The van der Waals surface area contributed by atoms with Crippen molar-refractivity contribution < 1.29 is 14.6 Å². The number of thioether (sulfide) groups is 1. The van der Waals surface area contributed by atoms with Crippen molar-refractivity contribution in [3.8, 4) is 0 Å². The van der Waals surface area contributed by atoms with Crippen LogP contribution in [0.3, 0.4) is 0 Å². The van der Waals surface area contributed by atoms with E-state index < -0.39 is 9.85 Å². The lowest BCUT2D eigenvalue weighted by atomic mass is 10.1. The zero-order valence-electron chi connectivity index (χ0n) is 12.4. The van der Waals surface area contributed by atoms with E-state index in [-0.39, 0.29) is 22.5 Å². The van der Waals surface area contributed by atoms with Crippen molar-refractivity contribution in [2.75, 3.05) is 30.3 Å². The molecule has 1 aromatic rings. The smallest absolute Gasteiger partial charge is 0.300 e. The van der Waals surface area contributed by atoms with E-state index in [0.29, 0.717) is 25.3 Å². The van der Waals surface area contributed by atoms with Crippen LogP contribution in [-0.2, 0) is 4.74 Å². The van der Waals surface area contributed by atoms with Gasteiger partial charge in [0.05, 0.1) is 16.5 Å². The molecule has 1 atom stereocenters. The third-order valence-electron chi connectivity index (χ3n) is 3.46. The molecule has 120 valence electrons. The highest BCUT2D eigenvalue weighted by atomic mass is 32.2. The molecule has 22 heavy (non-hydrogen) atoms. The average Bonchev–Trinajstić information content (AvgIpc) is 3.02. The topological polar surface area (TPSA) is 98.8 Å².